The Balaban J connectivity index is 1.60. The fraction of sp³-hybridized carbons (Fsp3) is 0.688. The summed E-state index contributed by atoms with van der Waals surface area (Å²) in [4.78, 5) is 14.3. The van der Waals surface area contributed by atoms with Crippen molar-refractivity contribution in [1.82, 2.24) is 4.90 Å². The zero-order chi connectivity index (χ0) is 14.8. The summed E-state index contributed by atoms with van der Waals surface area (Å²) in [5, 5.41) is 0. The van der Waals surface area contributed by atoms with E-state index in [1.807, 2.05) is 11.0 Å². The van der Waals surface area contributed by atoms with E-state index in [4.69, 9.17) is 14.9 Å². The van der Waals surface area contributed by atoms with Crippen LogP contribution in [0.4, 0.5) is 0 Å². The van der Waals surface area contributed by atoms with E-state index in [1.165, 1.54) is 6.42 Å². The highest BCUT2D eigenvalue weighted by Crippen LogP contribution is 2.47. The van der Waals surface area contributed by atoms with Crippen molar-refractivity contribution < 1.29 is 13.9 Å². The molecule has 2 heterocycles. The highest BCUT2D eigenvalue weighted by molar-refractivity contribution is 5.79. The van der Waals surface area contributed by atoms with E-state index in [0.717, 1.165) is 17.4 Å². The molecule has 1 aliphatic heterocycles. The molecule has 2 N–H and O–H groups in total. The number of nitrogens with zero attached hydrogens (tertiary/aromatic N) is 1. The first kappa shape index (κ1) is 14.6. The summed E-state index contributed by atoms with van der Waals surface area (Å²) in [7, 11) is 0. The zero-order valence-corrected chi connectivity index (χ0v) is 12.6. The van der Waals surface area contributed by atoms with Crippen molar-refractivity contribution in [3.05, 3.63) is 23.7 Å². The van der Waals surface area contributed by atoms with Crippen LogP contribution in [-0.4, -0.2) is 43.7 Å². The fourth-order valence-electron chi connectivity index (χ4n) is 2.98. The van der Waals surface area contributed by atoms with Gasteiger partial charge in [-0.05, 0) is 24.5 Å². The minimum atomic E-state index is -0.196. The van der Waals surface area contributed by atoms with Crippen molar-refractivity contribution >= 4 is 5.91 Å². The van der Waals surface area contributed by atoms with Gasteiger partial charge in [0.15, 0.2) is 0 Å². The number of carbonyl (C=O) groups is 1. The van der Waals surface area contributed by atoms with E-state index in [2.05, 4.69) is 13.0 Å². The van der Waals surface area contributed by atoms with Gasteiger partial charge in [0.05, 0.1) is 19.1 Å². The van der Waals surface area contributed by atoms with Gasteiger partial charge in [-0.3, -0.25) is 4.79 Å². The first-order valence-corrected chi connectivity index (χ1v) is 7.84. The summed E-state index contributed by atoms with van der Waals surface area (Å²) >= 11 is 0. The predicted octanol–water partition coefficient (Wildman–Crippen LogP) is 1.38. The number of morpholine rings is 1. The number of nitrogens with two attached hydrogens (primary N) is 1. The topological polar surface area (TPSA) is 68.7 Å². The third kappa shape index (κ3) is 3.30. The summed E-state index contributed by atoms with van der Waals surface area (Å²) in [5.74, 6) is 3.17. The predicted molar refractivity (Wildman–Crippen MR) is 78.9 cm³/mol. The van der Waals surface area contributed by atoms with Crippen molar-refractivity contribution in [3.8, 4) is 0 Å². The lowest BCUT2D eigenvalue weighted by Crippen LogP contribution is -2.45. The first-order chi connectivity index (χ1) is 10.2. The molecule has 1 aromatic rings. The van der Waals surface area contributed by atoms with Crippen molar-refractivity contribution in [2.45, 2.75) is 25.7 Å². The molecule has 21 heavy (non-hydrogen) atoms. The van der Waals surface area contributed by atoms with E-state index in [1.54, 1.807) is 0 Å². The van der Waals surface area contributed by atoms with Crippen LogP contribution in [0.25, 0.3) is 0 Å². The normalized spacial score (nSPS) is 26.7. The maximum Gasteiger partial charge on any atom is 0.227 e. The van der Waals surface area contributed by atoms with Gasteiger partial charge in [-0.15, -0.1) is 0 Å². The molecule has 1 amide bonds. The van der Waals surface area contributed by atoms with Gasteiger partial charge >= 0.3 is 0 Å². The summed E-state index contributed by atoms with van der Waals surface area (Å²) < 4.78 is 11.2. The van der Waals surface area contributed by atoms with E-state index >= 15 is 0 Å². The van der Waals surface area contributed by atoms with Gasteiger partial charge in [0.2, 0.25) is 5.91 Å². The molecule has 5 nitrogen and oxygen atoms in total. The molecular weight excluding hydrogens is 268 g/mol. The smallest absolute Gasteiger partial charge is 0.227 e. The lowest BCUT2D eigenvalue weighted by Gasteiger charge is -2.29. The number of hydrogen-bond donors (Lipinski definition) is 1. The second kappa shape index (κ2) is 6.20. The molecule has 0 radical (unpaired) electrons. The molecule has 5 heteroatoms. The Morgan fingerprint density at radius 1 is 1.43 bits per heavy atom. The van der Waals surface area contributed by atoms with Crippen LogP contribution in [-0.2, 0) is 16.0 Å². The number of hydrogen-bond acceptors (Lipinski definition) is 4. The third-order valence-corrected chi connectivity index (χ3v) is 4.56. The quantitative estimate of drug-likeness (QED) is 0.890. The van der Waals surface area contributed by atoms with E-state index in [0.29, 0.717) is 45.2 Å². The largest absolute Gasteiger partial charge is 0.466 e. The number of carbonyl (C=O) groups excluding carboxylic acids is 1. The Bertz CT molecular complexity index is 493. The van der Waals surface area contributed by atoms with Crippen LogP contribution >= 0.6 is 0 Å². The fourth-order valence-corrected chi connectivity index (χ4v) is 2.98. The van der Waals surface area contributed by atoms with Gasteiger partial charge < -0.3 is 19.8 Å². The van der Waals surface area contributed by atoms with Gasteiger partial charge in [0.1, 0.15) is 11.5 Å². The van der Waals surface area contributed by atoms with Crippen LogP contribution in [0.1, 0.15) is 30.8 Å². The molecule has 1 aromatic heterocycles. The molecule has 1 saturated carbocycles. The average Bonchev–Trinajstić information content (AvgIpc) is 3.07. The summed E-state index contributed by atoms with van der Waals surface area (Å²) in [5.41, 5.74) is 5.81. The maximum absolute atomic E-state index is 12.5. The Morgan fingerprint density at radius 3 is 2.76 bits per heavy atom. The number of rotatable bonds is 5. The highest BCUT2D eigenvalue weighted by Gasteiger charge is 2.36. The van der Waals surface area contributed by atoms with Gasteiger partial charge in [-0.25, -0.2) is 0 Å². The average molecular weight is 292 g/mol. The molecule has 2 fully saturated rings. The number of ether oxygens (including phenoxy) is 1. The summed E-state index contributed by atoms with van der Waals surface area (Å²) in [6.45, 7) is 5.15. The van der Waals surface area contributed by atoms with Gasteiger partial charge in [-0.1, -0.05) is 6.92 Å². The third-order valence-electron chi connectivity index (χ3n) is 4.56. The SMILES string of the molecule is CC1CC1c1ccc(CC(CN)C(=O)N2CCOCC2)o1. The lowest BCUT2D eigenvalue weighted by atomic mass is 10.0. The van der Waals surface area contributed by atoms with Crippen LogP contribution < -0.4 is 5.73 Å². The van der Waals surface area contributed by atoms with Gasteiger partial charge in [-0.2, -0.15) is 0 Å². The minimum absolute atomic E-state index is 0.124. The van der Waals surface area contributed by atoms with E-state index < -0.39 is 0 Å². The van der Waals surface area contributed by atoms with Crippen LogP contribution in [0.3, 0.4) is 0 Å². The van der Waals surface area contributed by atoms with Crippen LogP contribution in [0, 0.1) is 11.8 Å². The number of amides is 1. The highest BCUT2D eigenvalue weighted by atomic mass is 16.5. The Kier molecular flexibility index (Phi) is 4.31. The molecule has 0 bridgehead atoms. The van der Waals surface area contributed by atoms with Crippen LogP contribution in [0.2, 0.25) is 0 Å². The van der Waals surface area contributed by atoms with Crippen molar-refractivity contribution in [1.29, 1.82) is 0 Å². The standard InChI is InChI=1S/C16H24N2O3/c1-11-8-14(11)15-3-2-13(21-15)9-12(10-17)16(19)18-4-6-20-7-5-18/h2-3,11-12,14H,4-10,17H2,1H3. The second-order valence-corrected chi connectivity index (χ2v) is 6.20. The molecule has 3 unspecified atom stereocenters. The molecular formula is C16H24N2O3. The molecule has 0 aromatic carbocycles. The first-order valence-electron chi connectivity index (χ1n) is 7.84. The molecule has 1 aliphatic carbocycles. The number of furan rings is 1. The summed E-state index contributed by atoms with van der Waals surface area (Å²) in [6, 6.07) is 4.05. The summed E-state index contributed by atoms with van der Waals surface area (Å²) in [6.07, 6.45) is 1.80. The molecule has 3 atom stereocenters. The molecule has 116 valence electrons. The van der Waals surface area contributed by atoms with Crippen LogP contribution in [0.5, 0.6) is 0 Å². The Morgan fingerprint density at radius 2 is 2.14 bits per heavy atom. The molecule has 2 aliphatic rings. The monoisotopic (exact) mass is 292 g/mol. The minimum Gasteiger partial charge on any atom is -0.466 e. The molecule has 0 spiro atoms. The van der Waals surface area contributed by atoms with E-state index in [9.17, 15) is 4.79 Å². The Hall–Kier alpha value is -1.33. The molecule has 1 saturated heterocycles. The molecule has 3 rings (SSSR count). The van der Waals surface area contributed by atoms with Crippen molar-refractivity contribution in [3.63, 3.8) is 0 Å². The van der Waals surface area contributed by atoms with Gasteiger partial charge in [0.25, 0.3) is 0 Å². The van der Waals surface area contributed by atoms with Gasteiger partial charge in [0, 0.05) is 32.0 Å². The Labute approximate surface area is 125 Å². The lowest BCUT2D eigenvalue weighted by molar-refractivity contribution is -0.139. The van der Waals surface area contributed by atoms with Crippen molar-refractivity contribution in [2.24, 2.45) is 17.6 Å². The van der Waals surface area contributed by atoms with Crippen molar-refractivity contribution in [2.75, 3.05) is 32.8 Å². The van der Waals surface area contributed by atoms with E-state index in [-0.39, 0.29) is 11.8 Å². The second-order valence-electron chi connectivity index (χ2n) is 6.20. The van der Waals surface area contributed by atoms with Crippen LogP contribution in [0.15, 0.2) is 16.5 Å². The maximum atomic E-state index is 12.5. The zero-order valence-electron chi connectivity index (χ0n) is 12.6.